The Morgan fingerprint density at radius 1 is 1.53 bits per heavy atom. The predicted octanol–water partition coefficient (Wildman–Crippen LogP) is 2.59. The number of carbonyl (C=O) groups is 1. The molecule has 0 saturated carbocycles. The molecule has 0 bridgehead atoms. The summed E-state index contributed by atoms with van der Waals surface area (Å²) >= 11 is 6.02. The molecule has 2 rings (SSSR count). The summed E-state index contributed by atoms with van der Waals surface area (Å²) in [6, 6.07) is 5.67. The van der Waals surface area contributed by atoms with Crippen molar-refractivity contribution in [2.45, 2.75) is 13.5 Å². The molecule has 0 aliphatic heterocycles. The van der Waals surface area contributed by atoms with Crippen LogP contribution in [0.5, 0.6) is 0 Å². The van der Waals surface area contributed by atoms with E-state index in [0.717, 1.165) is 11.1 Å². The maximum atomic E-state index is 10.9. The number of aromatic nitrogens is 2. The summed E-state index contributed by atoms with van der Waals surface area (Å²) < 4.78 is 1.57. The quantitative estimate of drug-likeness (QED) is 0.911. The van der Waals surface area contributed by atoms with Gasteiger partial charge in [-0.1, -0.05) is 23.7 Å². The third-order valence-electron chi connectivity index (χ3n) is 2.52. The van der Waals surface area contributed by atoms with Crippen LogP contribution in [0.25, 0.3) is 0 Å². The van der Waals surface area contributed by atoms with Crippen LogP contribution in [-0.4, -0.2) is 20.6 Å². The van der Waals surface area contributed by atoms with Gasteiger partial charge in [-0.3, -0.25) is 0 Å². The lowest BCUT2D eigenvalue weighted by atomic mass is 10.1. The third kappa shape index (κ3) is 2.47. The normalized spacial score (nSPS) is 10.5. The first kappa shape index (κ1) is 11.7. The van der Waals surface area contributed by atoms with Gasteiger partial charge in [0.05, 0.1) is 12.5 Å². The van der Waals surface area contributed by atoms with Gasteiger partial charge >= 0.3 is 5.97 Å². The Labute approximate surface area is 103 Å². The van der Waals surface area contributed by atoms with E-state index in [1.807, 2.05) is 25.1 Å². The second-order valence-corrected chi connectivity index (χ2v) is 4.20. The Morgan fingerprint density at radius 2 is 2.29 bits per heavy atom. The molecular formula is C12H11ClN2O2. The lowest BCUT2D eigenvalue weighted by Crippen LogP contribution is -2.08. The Kier molecular flexibility index (Phi) is 3.15. The second kappa shape index (κ2) is 4.59. The minimum atomic E-state index is -0.985. The van der Waals surface area contributed by atoms with Gasteiger partial charge in [0.15, 0.2) is 0 Å². The van der Waals surface area contributed by atoms with E-state index >= 15 is 0 Å². The van der Waals surface area contributed by atoms with Crippen molar-refractivity contribution in [1.82, 2.24) is 9.55 Å². The van der Waals surface area contributed by atoms with Crippen LogP contribution in [0.15, 0.2) is 30.7 Å². The third-order valence-corrected chi connectivity index (χ3v) is 2.93. The Bertz CT molecular complexity index is 563. The number of aryl methyl sites for hydroxylation is 1. The van der Waals surface area contributed by atoms with Gasteiger partial charge in [0.25, 0.3) is 0 Å². The first-order valence-electron chi connectivity index (χ1n) is 5.06. The predicted molar refractivity (Wildman–Crippen MR) is 64.5 cm³/mol. The monoisotopic (exact) mass is 250 g/mol. The standard InChI is InChI=1S/C12H11ClN2O2/c1-8-2-3-9(4-10(8)13)6-15-7-14-5-11(15)12(16)17/h2-5,7H,6H2,1H3,(H,16,17). The van der Waals surface area contributed by atoms with Gasteiger partial charge < -0.3 is 9.67 Å². The van der Waals surface area contributed by atoms with E-state index in [1.54, 1.807) is 4.57 Å². The van der Waals surface area contributed by atoms with Gasteiger partial charge in [0.2, 0.25) is 0 Å². The van der Waals surface area contributed by atoms with Crippen molar-refractivity contribution in [2.75, 3.05) is 0 Å². The zero-order chi connectivity index (χ0) is 12.4. The summed E-state index contributed by atoms with van der Waals surface area (Å²) in [5.41, 5.74) is 2.11. The van der Waals surface area contributed by atoms with Gasteiger partial charge in [-0.15, -0.1) is 0 Å². The van der Waals surface area contributed by atoms with Crippen molar-refractivity contribution in [3.63, 3.8) is 0 Å². The number of carboxylic acid groups (broad SMARTS) is 1. The summed E-state index contributed by atoms with van der Waals surface area (Å²) in [6.45, 7) is 2.37. The fourth-order valence-corrected chi connectivity index (χ4v) is 1.76. The van der Waals surface area contributed by atoms with Crippen LogP contribution in [0.3, 0.4) is 0 Å². The van der Waals surface area contributed by atoms with Crippen LogP contribution in [0.1, 0.15) is 21.6 Å². The summed E-state index contributed by atoms with van der Waals surface area (Å²) in [6.07, 6.45) is 2.83. The highest BCUT2D eigenvalue weighted by molar-refractivity contribution is 6.31. The fraction of sp³-hybridized carbons (Fsp3) is 0.167. The maximum absolute atomic E-state index is 10.9. The molecular weight excluding hydrogens is 240 g/mol. The molecule has 1 N–H and O–H groups in total. The van der Waals surface area contributed by atoms with E-state index in [9.17, 15) is 4.79 Å². The van der Waals surface area contributed by atoms with Gasteiger partial charge in [-0.2, -0.15) is 0 Å². The van der Waals surface area contributed by atoms with Crippen molar-refractivity contribution >= 4 is 17.6 Å². The largest absolute Gasteiger partial charge is 0.477 e. The highest BCUT2D eigenvalue weighted by Crippen LogP contribution is 2.17. The summed E-state index contributed by atoms with van der Waals surface area (Å²) in [5.74, 6) is -0.985. The molecule has 4 nitrogen and oxygen atoms in total. The average Bonchev–Trinajstić information content (AvgIpc) is 2.72. The fourth-order valence-electron chi connectivity index (χ4n) is 1.56. The number of benzene rings is 1. The first-order chi connectivity index (χ1) is 8.08. The van der Waals surface area contributed by atoms with Crippen LogP contribution >= 0.6 is 11.6 Å². The molecule has 5 heteroatoms. The molecule has 1 aromatic heterocycles. The molecule has 0 aliphatic carbocycles. The molecule has 0 fully saturated rings. The molecule has 0 unspecified atom stereocenters. The zero-order valence-corrected chi connectivity index (χ0v) is 9.98. The molecule has 0 atom stereocenters. The zero-order valence-electron chi connectivity index (χ0n) is 9.22. The first-order valence-corrected chi connectivity index (χ1v) is 5.44. The minimum Gasteiger partial charge on any atom is -0.477 e. The average molecular weight is 251 g/mol. The molecule has 17 heavy (non-hydrogen) atoms. The SMILES string of the molecule is Cc1ccc(Cn2cncc2C(=O)O)cc1Cl. The molecule has 1 aromatic carbocycles. The number of imidazole rings is 1. The lowest BCUT2D eigenvalue weighted by molar-refractivity contribution is 0.0685. The number of aromatic carboxylic acids is 1. The van der Waals surface area contributed by atoms with E-state index < -0.39 is 5.97 Å². The molecule has 2 aromatic rings. The van der Waals surface area contributed by atoms with E-state index in [0.29, 0.717) is 11.6 Å². The highest BCUT2D eigenvalue weighted by atomic mass is 35.5. The van der Waals surface area contributed by atoms with Gasteiger partial charge in [0, 0.05) is 11.6 Å². The topological polar surface area (TPSA) is 55.1 Å². The number of rotatable bonds is 3. The van der Waals surface area contributed by atoms with Crippen LogP contribution in [-0.2, 0) is 6.54 Å². The smallest absolute Gasteiger partial charge is 0.354 e. The maximum Gasteiger partial charge on any atom is 0.354 e. The summed E-state index contributed by atoms with van der Waals surface area (Å²) in [5, 5.41) is 9.62. The Hall–Kier alpha value is -1.81. The lowest BCUT2D eigenvalue weighted by Gasteiger charge is -2.07. The second-order valence-electron chi connectivity index (χ2n) is 3.80. The van der Waals surface area contributed by atoms with Gasteiger partial charge in [0.1, 0.15) is 5.69 Å². The van der Waals surface area contributed by atoms with Crippen LogP contribution in [0.2, 0.25) is 5.02 Å². The molecule has 0 radical (unpaired) electrons. The minimum absolute atomic E-state index is 0.168. The molecule has 88 valence electrons. The van der Waals surface area contributed by atoms with E-state index in [-0.39, 0.29) is 5.69 Å². The number of hydrogen-bond donors (Lipinski definition) is 1. The van der Waals surface area contributed by atoms with Gasteiger partial charge in [-0.05, 0) is 24.1 Å². The number of carboxylic acids is 1. The Balaban J connectivity index is 2.28. The highest BCUT2D eigenvalue weighted by Gasteiger charge is 2.10. The molecule has 0 spiro atoms. The van der Waals surface area contributed by atoms with E-state index in [2.05, 4.69) is 4.98 Å². The summed E-state index contributed by atoms with van der Waals surface area (Å²) in [7, 11) is 0. The number of halogens is 1. The van der Waals surface area contributed by atoms with Crippen molar-refractivity contribution in [3.8, 4) is 0 Å². The van der Waals surface area contributed by atoms with Crippen LogP contribution in [0, 0.1) is 6.92 Å². The van der Waals surface area contributed by atoms with Crippen LogP contribution < -0.4 is 0 Å². The van der Waals surface area contributed by atoms with Gasteiger partial charge in [-0.25, -0.2) is 9.78 Å². The van der Waals surface area contributed by atoms with Crippen molar-refractivity contribution in [1.29, 1.82) is 0 Å². The van der Waals surface area contributed by atoms with E-state index in [4.69, 9.17) is 16.7 Å². The summed E-state index contributed by atoms with van der Waals surface area (Å²) in [4.78, 5) is 14.7. The van der Waals surface area contributed by atoms with Crippen LogP contribution in [0.4, 0.5) is 0 Å². The number of hydrogen-bond acceptors (Lipinski definition) is 2. The van der Waals surface area contributed by atoms with Crippen molar-refractivity contribution in [2.24, 2.45) is 0 Å². The van der Waals surface area contributed by atoms with Crippen molar-refractivity contribution in [3.05, 3.63) is 52.6 Å². The molecule has 0 amide bonds. The molecule has 1 heterocycles. The number of nitrogens with zero attached hydrogens (tertiary/aromatic N) is 2. The van der Waals surface area contributed by atoms with Crippen molar-refractivity contribution < 1.29 is 9.90 Å². The molecule has 0 saturated heterocycles. The Morgan fingerprint density at radius 3 is 2.94 bits per heavy atom. The molecule has 0 aliphatic rings. The van der Waals surface area contributed by atoms with E-state index in [1.165, 1.54) is 12.5 Å².